The van der Waals surface area contributed by atoms with Crippen LogP contribution in [0.3, 0.4) is 0 Å². The number of anilines is 1. The van der Waals surface area contributed by atoms with Crippen LogP contribution in [0, 0.1) is 0 Å². The standard InChI is InChI=1S/C16H24N2O4/c1-16(2,3)22-15(19)18-11-5-6-13(20-4)12(9-11)14-10-17-7-8-21-14/h5-6,9,14,17H,7-8,10H2,1-4H3,(H,18,19). The second-order valence-electron chi connectivity index (χ2n) is 6.15. The number of benzene rings is 1. The summed E-state index contributed by atoms with van der Waals surface area (Å²) in [6.07, 6.45) is -0.574. The van der Waals surface area contributed by atoms with Crippen LogP contribution in [0.25, 0.3) is 0 Å². The molecule has 0 spiro atoms. The highest BCUT2D eigenvalue weighted by atomic mass is 16.6. The van der Waals surface area contributed by atoms with Gasteiger partial charge in [0.1, 0.15) is 11.4 Å². The molecule has 22 heavy (non-hydrogen) atoms. The molecule has 6 heteroatoms. The Balaban J connectivity index is 2.14. The zero-order chi connectivity index (χ0) is 16.2. The molecule has 0 aromatic heterocycles. The summed E-state index contributed by atoms with van der Waals surface area (Å²) in [7, 11) is 1.62. The highest BCUT2D eigenvalue weighted by molar-refractivity contribution is 5.85. The van der Waals surface area contributed by atoms with Gasteiger partial charge >= 0.3 is 6.09 Å². The lowest BCUT2D eigenvalue weighted by Gasteiger charge is -2.26. The fourth-order valence-electron chi connectivity index (χ4n) is 2.25. The molecule has 1 fully saturated rings. The third kappa shape index (κ3) is 4.61. The van der Waals surface area contributed by atoms with Crippen molar-refractivity contribution in [1.82, 2.24) is 5.32 Å². The number of rotatable bonds is 3. The van der Waals surface area contributed by atoms with Crippen molar-refractivity contribution in [3.63, 3.8) is 0 Å². The van der Waals surface area contributed by atoms with Crippen LogP contribution >= 0.6 is 0 Å². The lowest BCUT2D eigenvalue weighted by Crippen LogP contribution is -2.33. The number of carbonyl (C=O) groups excluding carboxylic acids is 1. The number of methoxy groups -OCH3 is 1. The predicted octanol–water partition coefficient (Wildman–Crippen LogP) is 2.70. The van der Waals surface area contributed by atoms with E-state index in [4.69, 9.17) is 14.2 Å². The maximum absolute atomic E-state index is 11.9. The monoisotopic (exact) mass is 308 g/mol. The number of hydrogen-bond donors (Lipinski definition) is 2. The molecule has 1 amide bonds. The summed E-state index contributed by atoms with van der Waals surface area (Å²) >= 11 is 0. The molecule has 1 aromatic carbocycles. The minimum Gasteiger partial charge on any atom is -0.496 e. The molecule has 1 aromatic rings. The highest BCUT2D eigenvalue weighted by Gasteiger charge is 2.21. The summed E-state index contributed by atoms with van der Waals surface area (Å²) < 4.78 is 16.4. The number of amides is 1. The second kappa shape index (κ2) is 6.98. The molecule has 122 valence electrons. The van der Waals surface area contributed by atoms with Gasteiger partial charge in [-0.05, 0) is 39.0 Å². The van der Waals surface area contributed by atoms with Crippen molar-refractivity contribution >= 4 is 11.8 Å². The summed E-state index contributed by atoms with van der Waals surface area (Å²) in [5.74, 6) is 0.739. The molecule has 0 bridgehead atoms. The first-order chi connectivity index (χ1) is 10.4. The molecule has 6 nitrogen and oxygen atoms in total. The van der Waals surface area contributed by atoms with Crippen LogP contribution in [0.15, 0.2) is 18.2 Å². The average molecular weight is 308 g/mol. The zero-order valence-corrected chi connectivity index (χ0v) is 13.6. The predicted molar refractivity (Wildman–Crippen MR) is 84.4 cm³/mol. The third-order valence-electron chi connectivity index (χ3n) is 3.15. The van der Waals surface area contributed by atoms with Gasteiger partial charge in [-0.2, -0.15) is 0 Å². The zero-order valence-electron chi connectivity index (χ0n) is 13.6. The first-order valence-electron chi connectivity index (χ1n) is 7.39. The summed E-state index contributed by atoms with van der Waals surface area (Å²) in [6, 6.07) is 5.46. The van der Waals surface area contributed by atoms with Gasteiger partial charge in [-0.25, -0.2) is 4.79 Å². The van der Waals surface area contributed by atoms with Crippen LogP contribution in [-0.4, -0.2) is 38.5 Å². The Morgan fingerprint density at radius 3 is 2.77 bits per heavy atom. The van der Waals surface area contributed by atoms with Crippen molar-refractivity contribution in [3.05, 3.63) is 23.8 Å². The Labute approximate surface area is 131 Å². The Bertz CT molecular complexity index is 519. The van der Waals surface area contributed by atoms with Crippen molar-refractivity contribution in [2.45, 2.75) is 32.5 Å². The average Bonchev–Trinajstić information content (AvgIpc) is 2.46. The van der Waals surface area contributed by atoms with E-state index in [-0.39, 0.29) is 6.10 Å². The first kappa shape index (κ1) is 16.6. The molecule has 1 unspecified atom stereocenters. The van der Waals surface area contributed by atoms with Crippen molar-refractivity contribution < 1.29 is 19.0 Å². The summed E-state index contributed by atoms with van der Waals surface area (Å²) in [4.78, 5) is 11.9. The van der Waals surface area contributed by atoms with E-state index >= 15 is 0 Å². The molecule has 0 aliphatic carbocycles. The SMILES string of the molecule is COc1ccc(NC(=O)OC(C)(C)C)cc1C1CNCCO1. The minimum atomic E-state index is -0.532. The number of morpholine rings is 1. The van der Waals surface area contributed by atoms with Crippen LogP contribution in [0.2, 0.25) is 0 Å². The van der Waals surface area contributed by atoms with Crippen LogP contribution in [0.1, 0.15) is 32.4 Å². The molecular formula is C16H24N2O4. The van der Waals surface area contributed by atoms with E-state index in [1.165, 1.54) is 0 Å². The van der Waals surface area contributed by atoms with Gasteiger partial charge in [0.25, 0.3) is 0 Å². The van der Waals surface area contributed by atoms with Gasteiger partial charge in [-0.3, -0.25) is 5.32 Å². The summed E-state index contributed by atoms with van der Waals surface area (Å²) in [5.41, 5.74) is 1.03. The molecular weight excluding hydrogens is 284 g/mol. The number of nitrogens with one attached hydrogen (secondary N) is 2. The van der Waals surface area contributed by atoms with Gasteiger partial charge in [0.2, 0.25) is 0 Å². The molecule has 1 heterocycles. The topological polar surface area (TPSA) is 68.8 Å². The normalized spacial score (nSPS) is 18.6. The van der Waals surface area contributed by atoms with Gasteiger partial charge in [0.15, 0.2) is 0 Å². The van der Waals surface area contributed by atoms with E-state index in [0.29, 0.717) is 18.8 Å². The van der Waals surface area contributed by atoms with Gasteiger partial charge in [-0.15, -0.1) is 0 Å². The molecule has 1 atom stereocenters. The summed E-state index contributed by atoms with van der Waals surface area (Å²) in [6.45, 7) is 7.69. The molecule has 0 saturated carbocycles. The fraction of sp³-hybridized carbons (Fsp3) is 0.562. The van der Waals surface area contributed by atoms with E-state index in [1.807, 2.05) is 32.9 Å². The quantitative estimate of drug-likeness (QED) is 0.898. The molecule has 1 aliphatic heterocycles. The lowest BCUT2D eigenvalue weighted by molar-refractivity contribution is 0.0263. The van der Waals surface area contributed by atoms with Crippen molar-refractivity contribution in [2.75, 3.05) is 32.1 Å². The maximum atomic E-state index is 11.9. The first-order valence-corrected chi connectivity index (χ1v) is 7.39. The van der Waals surface area contributed by atoms with Crippen LogP contribution in [0.5, 0.6) is 5.75 Å². The number of ether oxygens (including phenoxy) is 3. The molecule has 1 aliphatic rings. The minimum absolute atomic E-state index is 0.0934. The maximum Gasteiger partial charge on any atom is 0.412 e. The van der Waals surface area contributed by atoms with Crippen LogP contribution in [-0.2, 0) is 9.47 Å². The second-order valence-corrected chi connectivity index (χ2v) is 6.15. The fourth-order valence-corrected chi connectivity index (χ4v) is 2.25. The Morgan fingerprint density at radius 1 is 1.41 bits per heavy atom. The van der Waals surface area contributed by atoms with E-state index in [2.05, 4.69) is 10.6 Å². The van der Waals surface area contributed by atoms with Crippen LogP contribution in [0.4, 0.5) is 10.5 Å². The lowest BCUT2D eigenvalue weighted by atomic mass is 10.1. The Morgan fingerprint density at radius 2 is 2.18 bits per heavy atom. The highest BCUT2D eigenvalue weighted by Crippen LogP contribution is 2.31. The summed E-state index contributed by atoms with van der Waals surface area (Å²) in [5, 5.41) is 6.02. The number of carbonyl (C=O) groups is 1. The third-order valence-corrected chi connectivity index (χ3v) is 3.15. The molecule has 2 N–H and O–H groups in total. The van der Waals surface area contributed by atoms with Gasteiger partial charge in [0.05, 0.1) is 19.8 Å². The van der Waals surface area contributed by atoms with Gasteiger partial charge < -0.3 is 19.5 Å². The van der Waals surface area contributed by atoms with Gasteiger partial charge in [-0.1, -0.05) is 0 Å². The smallest absolute Gasteiger partial charge is 0.412 e. The van der Waals surface area contributed by atoms with E-state index in [1.54, 1.807) is 13.2 Å². The van der Waals surface area contributed by atoms with Crippen LogP contribution < -0.4 is 15.4 Å². The van der Waals surface area contributed by atoms with E-state index in [0.717, 1.165) is 17.9 Å². The largest absolute Gasteiger partial charge is 0.496 e. The van der Waals surface area contributed by atoms with E-state index in [9.17, 15) is 4.79 Å². The molecule has 2 rings (SSSR count). The molecule has 0 radical (unpaired) electrons. The Kier molecular flexibility index (Phi) is 5.26. The Hall–Kier alpha value is -1.79. The number of hydrogen-bond acceptors (Lipinski definition) is 5. The van der Waals surface area contributed by atoms with E-state index < -0.39 is 11.7 Å². The van der Waals surface area contributed by atoms with Crippen molar-refractivity contribution in [2.24, 2.45) is 0 Å². The van der Waals surface area contributed by atoms with Gasteiger partial charge in [0, 0.05) is 24.3 Å². The van der Waals surface area contributed by atoms with Crippen molar-refractivity contribution in [1.29, 1.82) is 0 Å². The molecule has 1 saturated heterocycles. The van der Waals surface area contributed by atoms with Crippen molar-refractivity contribution in [3.8, 4) is 5.75 Å².